The van der Waals surface area contributed by atoms with Gasteiger partial charge < -0.3 is 0 Å². The van der Waals surface area contributed by atoms with Gasteiger partial charge in [-0.05, 0) is 28.1 Å². The topological polar surface area (TPSA) is 25.8 Å². The molecule has 0 spiro atoms. The molecule has 2 aromatic rings. The minimum atomic E-state index is 0.888. The first-order valence-corrected chi connectivity index (χ1v) is 5.05. The number of halogens is 1. The van der Waals surface area contributed by atoms with E-state index in [1.54, 1.807) is 23.7 Å². The first kappa shape index (κ1) is 7.89. The van der Waals surface area contributed by atoms with Crippen molar-refractivity contribution in [2.24, 2.45) is 0 Å². The molecule has 12 heavy (non-hydrogen) atoms. The zero-order chi connectivity index (χ0) is 8.39. The number of hydrogen-bond donors (Lipinski definition) is 0. The Hall–Kier alpha value is -0.740. The molecule has 0 saturated heterocycles. The number of thiazole rings is 1. The first-order valence-electron chi connectivity index (χ1n) is 3.38. The van der Waals surface area contributed by atoms with Crippen LogP contribution in [0.5, 0.6) is 0 Å². The van der Waals surface area contributed by atoms with Crippen molar-refractivity contribution in [3.8, 4) is 10.6 Å². The highest BCUT2D eigenvalue weighted by Gasteiger charge is 2.00. The SMILES string of the molecule is Brc1csc(-c2ccncc2)n1. The van der Waals surface area contributed by atoms with E-state index in [2.05, 4.69) is 25.9 Å². The molecular formula is C8H5BrN2S. The van der Waals surface area contributed by atoms with Crippen LogP contribution in [-0.2, 0) is 0 Å². The van der Waals surface area contributed by atoms with Crippen LogP contribution in [0, 0.1) is 0 Å². The molecule has 0 N–H and O–H groups in total. The molecule has 2 heterocycles. The molecule has 2 rings (SSSR count). The third kappa shape index (κ3) is 1.54. The molecule has 4 heteroatoms. The second-order valence-electron chi connectivity index (χ2n) is 2.21. The normalized spacial score (nSPS) is 10.1. The average Bonchev–Trinajstić information content (AvgIpc) is 2.54. The van der Waals surface area contributed by atoms with Crippen molar-refractivity contribution in [2.45, 2.75) is 0 Å². The molecule has 0 amide bonds. The summed E-state index contributed by atoms with van der Waals surface area (Å²) in [6, 6.07) is 3.90. The summed E-state index contributed by atoms with van der Waals surface area (Å²) < 4.78 is 0.888. The molecule has 60 valence electrons. The van der Waals surface area contributed by atoms with Gasteiger partial charge in [-0.15, -0.1) is 11.3 Å². The summed E-state index contributed by atoms with van der Waals surface area (Å²) in [4.78, 5) is 8.23. The van der Waals surface area contributed by atoms with Crippen molar-refractivity contribution in [1.29, 1.82) is 0 Å². The van der Waals surface area contributed by atoms with E-state index in [0.29, 0.717) is 0 Å². The van der Waals surface area contributed by atoms with Crippen molar-refractivity contribution in [3.05, 3.63) is 34.5 Å². The van der Waals surface area contributed by atoms with E-state index in [1.165, 1.54) is 0 Å². The Morgan fingerprint density at radius 3 is 2.58 bits per heavy atom. The Morgan fingerprint density at radius 2 is 2.00 bits per heavy atom. The van der Waals surface area contributed by atoms with Crippen LogP contribution in [0.3, 0.4) is 0 Å². The Balaban J connectivity index is 2.45. The number of hydrogen-bond acceptors (Lipinski definition) is 3. The van der Waals surface area contributed by atoms with Gasteiger partial charge in [0.1, 0.15) is 9.61 Å². The average molecular weight is 241 g/mol. The molecule has 0 aliphatic carbocycles. The smallest absolute Gasteiger partial charge is 0.124 e. The summed E-state index contributed by atoms with van der Waals surface area (Å²) in [5.41, 5.74) is 1.11. The van der Waals surface area contributed by atoms with Crippen molar-refractivity contribution in [2.75, 3.05) is 0 Å². The van der Waals surface area contributed by atoms with Crippen LogP contribution in [0.25, 0.3) is 10.6 Å². The Kier molecular flexibility index (Phi) is 2.19. The Labute approximate surface area is 82.4 Å². The largest absolute Gasteiger partial charge is 0.265 e. The highest BCUT2D eigenvalue weighted by molar-refractivity contribution is 9.10. The fourth-order valence-electron chi connectivity index (χ4n) is 0.881. The van der Waals surface area contributed by atoms with E-state index in [4.69, 9.17) is 0 Å². The molecule has 0 fully saturated rings. The van der Waals surface area contributed by atoms with Crippen LogP contribution in [0.2, 0.25) is 0 Å². The molecule has 2 nitrogen and oxygen atoms in total. The third-order valence-electron chi connectivity index (χ3n) is 1.40. The van der Waals surface area contributed by atoms with Gasteiger partial charge in [-0.25, -0.2) is 4.98 Å². The minimum absolute atomic E-state index is 0.888. The van der Waals surface area contributed by atoms with Gasteiger partial charge in [-0.2, -0.15) is 0 Å². The van der Waals surface area contributed by atoms with E-state index in [0.717, 1.165) is 15.2 Å². The van der Waals surface area contributed by atoms with E-state index in [9.17, 15) is 0 Å². The molecule has 0 aliphatic rings. The Bertz CT molecular complexity index is 372. The van der Waals surface area contributed by atoms with Crippen LogP contribution in [-0.4, -0.2) is 9.97 Å². The third-order valence-corrected chi connectivity index (χ3v) is 3.00. The summed E-state index contributed by atoms with van der Waals surface area (Å²) in [6.45, 7) is 0. The molecule has 0 aromatic carbocycles. The second-order valence-corrected chi connectivity index (χ2v) is 3.88. The summed E-state index contributed by atoms with van der Waals surface area (Å²) in [6.07, 6.45) is 3.54. The zero-order valence-electron chi connectivity index (χ0n) is 6.07. The molecule has 0 atom stereocenters. The van der Waals surface area contributed by atoms with Gasteiger partial charge in [-0.1, -0.05) is 0 Å². The fourth-order valence-corrected chi connectivity index (χ4v) is 2.14. The van der Waals surface area contributed by atoms with Gasteiger partial charge in [0.2, 0.25) is 0 Å². The molecule has 0 saturated carbocycles. The molecule has 0 aliphatic heterocycles. The number of aromatic nitrogens is 2. The first-order chi connectivity index (χ1) is 5.86. The van der Waals surface area contributed by atoms with E-state index < -0.39 is 0 Å². The number of nitrogens with zero attached hydrogens (tertiary/aromatic N) is 2. The van der Waals surface area contributed by atoms with Gasteiger partial charge in [0.05, 0.1) is 0 Å². The van der Waals surface area contributed by atoms with Crippen LogP contribution >= 0.6 is 27.3 Å². The molecular weight excluding hydrogens is 236 g/mol. The lowest BCUT2D eigenvalue weighted by Crippen LogP contribution is -1.75. The lowest BCUT2D eigenvalue weighted by Gasteiger charge is -1.91. The Morgan fingerprint density at radius 1 is 1.25 bits per heavy atom. The summed E-state index contributed by atoms with van der Waals surface area (Å²) in [5.74, 6) is 0. The second kappa shape index (κ2) is 3.33. The lowest BCUT2D eigenvalue weighted by molar-refractivity contribution is 1.31. The van der Waals surface area contributed by atoms with Crippen LogP contribution in [0.4, 0.5) is 0 Å². The minimum Gasteiger partial charge on any atom is -0.265 e. The molecule has 0 unspecified atom stereocenters. The van der Waals surface area contributed by atoms with Crippen LogP contribution < -0.4 is 0 Å². The van der Waals surface area contributed by atoms with Crippen molar-refractivity contribution >= 4 is 27.3 Å². The maximum atomic E-state index is 4.29. The van der Waals surface area contributed by atoms with Gasteiger partial charge in [-0.3, -0.25) is 4.98 Å². The highest BCUT2D eigenvalue weighted by Crippen LogP contribution is 2.24. The van der Waals surface area contributed by atoms with Gasteiger partial charge >= 0.3 is 0 Å². The zero-order valence-corrected chi connectivity index (χ0v) is 8.47. The predicted molar refractivity (Wildman–Crippen MR) is 53.0 cm³/mol. The quantitative estimate of drug-likeness (QED) is 0.767. The number of rotatable bonds is 1. The van der Waals surface area contributed by atoms with Gasteiger partial charge in [0, 0.05) is 23.3 Å². The lowest BCUT2D eigenvalue weighted by atomic mass is 10.3. The van der Waals surface area contributed by atoms with Crippen molar-refractivity contribution in [1.82, 2.24) is 9.97 Å². The standard InChI is InChI=1S/C8H5BrN2S/c9-7-5-12-8(11-7)6-1-3-10-4-2-6/h1-5H. The van der Waals surface area contributed by atoms with E-state index >= 15 is 0 Å². The van der Waals surface area contributed by atoms with Crippen molar-refractivity contribution in [3.63, 3.8) is 0 Å². The fraction of sp³-hybridized carbons (Fsp3) is 0. The van der Waals surface area contributed by atoms with Crippen molar-refractivity contribution < 1.29 is 0 Å². The number of pyridine rings is 1. The molecule has 0 bridgehead atoms. The monoisotopic (exact) mass is 240 g/mol. The van der Waals surface area contributed by atoms with Gasteiger partial charge in [0.15, 0.2) is 0 Å². The van der Waals surface area contributed by atoms with Gasteiger partial charge in [0.25, 0.3) is 0 Å². The molecule has 0 radical (unpaired) electrons. The summed E-state index contributed by atoms with van der Waals surface area (Å²) in [7, 11) is 0. The summed E-state index contributed by atoms with van der Waals surface area (Å²) >= 11 is 4.93. The maximum Gasteiger partial charge on any atom is 0.124 e. The summed E-state index contributed by atoms with van der Waals surface area (Å²) in [5, 5.41) is 2.99. The van der Waals surface area contributed by atoms with E-state index in [-0.39, 0.29) is 0 Å². The predicted octanol–water partition coefficient (Wildman–Crippen LogP) is 2.97. The van der Waals surface area contributed by atoms with E-state index in [1.807, 2.05) is 17.5 Å². The van der Waals surface area contributed by atoms with Crippen LogP contribution in [0.1, 0.15) is 0 Å². The van der Waals surface area contributed by atoms with Crippen LogP contribution in [0.15, 0.2) is 34.5 Å². The highest BCUT2D eigenvalue weighted by atomic mass is 79.9. The maximum absolute atomic E-state index is 4.29. The molecule has 2 aromatic heterocycles.